The number of hydrogen-bond donors (Lipinski definition) is 6. The molecule has 3 aromatic carbocycles. The SMILES string of the molecule is CCCC(NC(=O)[C@@H]1C[C@@H](OCc2ccccc2)CN1C(=O)[C@H](CCCNC(=O)Cc1ccccc1)NC(=O)OCC(C)C)C(=O)C(=O)NCC(=O)N[C@H](C(N)=O)c1ccccc1. The molecule has 17 nitrogen and oxygen atoms in total. The second-order valence-electron chi connectivity index (χ2n) is 15.7. The summed E-state index contributed by atoms with van der Waals surface area (Å²) in [7, 11) is 0. The van der Waals surface area contributed by atoms with Gasteiger partial charge in [0.15, 0.2) is 0 Å². The van der Waals surface area contributed by atoms with Gasteiger partial charge in [0.2, 0.25) is 35.3 Å². The Labute approximate surface area is 367 Å². The molecule has 0 saturated carbocycles. The van der Waals surface area contributed by atoms with Crippen LogP contribution in [0, 0.1) is 5.92 Å². The molecule has 3 aromatic rings. The van der Waals surface area contributed by atoms with Crippen molar-refractivity contribution in [3.63, 3.8) is 0 Å². The van der Waals surface area contributed by atoms with Crippen LogP contribution in [0.25, 0.3) is 0 Å². The number of nitrogens with two attached hydrogens (primary N) is 1. The molecular weight excluding hydrogens is 811 g/mol. The molecule has 1 saturated heterocycles. The van der Waals surface area contributed by atoms with Crippen molar-refractivity contribution in [1.29, 1.82) is 0 Å². The van der Waals surface area contributed by atoms with Crippen molar-refractivity contribution in [2.75, 3.05) is 26.2 Å². The molecule has 63 heavy (non-hydrogen) atoms. The van der Waals surface area contributed by atoms with Gasteiger partial charge in [-0.3, -0.25) is 33.6 Å². The van der Waals surface area contributed by atoms with E-state index in [0.29, 0.717) is 12.0 Å². The number of carbonyl (C=O) groups excluding carboxylic acids is 8. The number of amides is 7. The number of primary amides is 1. The summed E-state index contributed by atoms with van der Waals surface area (Å²) >= 11 is 0. The van der Waals surface area contributed by atoms with Crippen LogP contribution in [0.1, 0.15) is 75.6 Å². The van der Waals surface area contributed by atoms with E-state index in [1.165, 1.54) is 4.90 Å². The van der Waals surface area contributed by atoms with Gasteiger partial charge in [0, 0.05) is 19.5 Å². The highest BCUT2D eigenvalue weighted by molar-refractivity contribution is 6.38. The van der Waals surface area contributed by atoms with Crippen molar-refractivity contribution in [2.24, 2.45) is 11.7 Å². The van der Waals surface area contributed by atoms with Crippen molar-refractivity contribution in [2.45, 2.75) is 96.2 Å². The van der Waals surface area contributed by atoms with Gasteiger partial charge in [0.25, 0.3) is 5.91 Å². The number of hydrogen-bond acceptors (Lipinski definition) is 10. The summed E-state index contributed by atoms with van der Waals surface area (Å²) < 4.78 is 11.5. The molecule has 1 aliphatic heterocycles. The van der Waals surface area contributed by atoms with Gasteiger partial charge in [-0.25, -0.2) is 4.79 Å². The fourth-order valence-electron chi connectivity index (χ4n) is 6.87. The van der Waals surface area contributed by atoms with Crippen LogP contribution in [0.5, 0.6) is 0 Å². The molecule has 0 radical (unpaired) electrons. The monoisotopic (exact) mass is 869 g/mol. The molecule has 7 N–H and O–H groups in total. The largest absolute Gasteiger partial charge is 0.449 e. The molecule has 5 atom stereocenters. The zero-order valence-electron chi connectivity index (χ0n) is 36.0. The summed E-state index contributed by atoms with van der Waals surface area (Å²) in [5.41, 5.74) is 7.61. The standard InChI is InChI=1S/C46H59N7O10/c1-4-15-35(41(56)44(59)49-26-39(55)52-40(42(47)57)33-20-12-7-13-21-33)50-43(58)37-25-34(62-29-32-18-10-6-11-19-32)27-53(37)45(60)36(51-46(61)63-28-30(2)3)22-14-23-48-38(54)24-31-16-8-5-9-17-31/h5-13,16-21,30,34-37,40H,4,14-15,22-29H2,1-3H3,(H2,47,57)(H,48,54)(H,49,59)(H,50,58)(H,51,61)(H,52,55)/t34-,35?,36+,37+,40+/m1/s1. The number of nitrogens with one attached hydrogen (secondary N) is 5. The smallest absolute Gasteiger partial charge is 0.407 e. The number of Topliss-reactive ketones (excluding diaryl/α,β-unsaturated/α-hetero) is 1. The van der Waals surface area contributed by atoms with E-state index in [-0.39, 0.29) is 70.2 Å². The van der Waals surface area contributed by atoms with E-state index >= 15 is 0 Å². The summed E-state index contributed by atoms with van der Waals surface area (Å²) in [6.45, 7) is 5.27. The molecule has 1 heterocycles. The average molecular weight is 870 g/mol. The van der Waals surface area contributed by atoms with E-state index in [2.05, 4.69) is 26.6 Å². The van der Waals surface area contributed by atoms with Crippen LogP contribution in [-0.2, 0) is 56.1 Å². The van der Waals surface area contributed by atoms with E-state index in [1.807, 2.05) is 74.5 Å². The first-order valence-corrected chi connectivity index (χ1v) is 21.2. The number of nitrogens with zero attached hydrogens (tertiary/aromatic N) is 1. The molecular formula is C46H59N7O10. The lowest BCUT2D eigenvalue weighted by atomic mass is 10.0. The summed E-state index contributed by atoms with van der Waals surface area (Å²) in [5.74, 6) is -5.32. The second-order valence-corrected chi connectivity index (χ2v) is 15.7. The maximum Gasteiger partial charge on any atom is 0.407 e. The predicted octanol–water partition coefficient (Wildman–Crippen LogP) is 2.38. The van der Waals surface area contributed by atoms with Gasteiger partial charge in [-0.1, -0.05) is 118 Å². The normalized spacial score (nSPS) is 15.9. The van der Waals surface area contributed by atoms with Crippen molar-refractivity contribution >= 4 is 47.3 Å². The number of benzene rings is 3. The van der Waals surface area contributed by atoms with E-state index < -0.39 is 78.2 Å². The van der Waals surface area contributed by atoms with E-state index in [4.69, 9.17) is 15.2 Å². The third-order valence-electron chi connectivity index (χ3n) is 10.1. The van der Waals surface area contributed by atoms with Crippen molar-refractivity contribution < 1.29 is 47.8 Å². The van der Waals surface area contributed by atoms with E-state index in [1.54, 1.807) is 37.3 Å². The van der Waals surface area contributed by atoms with Crippen LogP contribution in [-0.4, -0.2) is 103 Å². The Kier molecular flexibility index (Phi) is 19.7. The lowest BCUT2D eigenvalue weighted by Crippen LogP contribution is -2.56. The van der Waals surface area contributed by atoms with Gasteiger partial charge >= 0.3 is 6.09 Å². The lowest BCUT2D eigenvalue weighted by molar-refractivity contribution is -0.143. The second kappa shape index (κ2) is 25.3. The molecule has 1 unspecified atom stereocenters. The Bertz CT molecular complexity index is 2000. The van der Waals surface area contributed by atoms with Gasteiger partial charge in [0.1, 0.15) is 18.1 Å². The molecule has 1 fully saturated rings. The van der Waals surface area contributed by atoms with E-state index in [9.17, 15) is 38.4 Å². The van der Waals surface area contributed by atoms with Crippen molar-refractivity contribution in [3.8, 4) is 0 Å². The quantitative estimate of drug-likeness (QED) is 0.0567. The third kappa shape index (κ3) is 16.3. The van der Waals surface area contributed by atoms with E-state index in [0.717, 1.165) is 11.1 Å². The zero-order valence-corrected chi connectivity index (χ0v) is 36.0. The maximum absolute atomic E-state index is 14.5. The van der Waals surface area contributed by atoms with Crippen LogP contribution in [0.4, 0.5) is 4.79 Å². The number of carbonyl (C=O) groups is 8. The molecule has 338 valence electrons. The Morgan fingerprint density at radius 1 is 0.762 bits per heavy atom. The summed E-state index contributed by atoms with van der Waals surface area (Å²) in [6, 6.07) is 21.9. The lowest BCUT2D eigenvalue weighted by Gasteiger charge is -2.29. The zero-order chi connectivity index (χ0) is 45.7. The fraction of sp³-hybridized carbons (Fsp3) is 0.435. The number of ketones is 1. The average Bonchev–Trinajstić information content (AvgIpc) is 3.71. The minimum atomic E-state index is -1.33. The number of ether oxygens (including phenoxy) is 2. The van der Waals surface area contributed by atoms with Gasteiger partial charge in [-0.2, -0.15) is 0 Å². The van der Waals surface area contributed by atoms with Gasteiger partial charge in [-0.15, -0.1) is 0 Å². The van der Waals surface area contributed by atoms with Crippen LogP contribution < -0.4 is 32.3 Å². The van der Waals surface area contributed by atoms with Crippen LogP contribution >= 0.6 is 0 Å². The molecule has 1 aliphatic rings. The highest BCUT2D eigenvalue weighted by Gasteiger charge is 2.43. The Hall–Kier alpha value is -6.62. The highest BCUT2D eigenvalue weighted by atomic mass is 16.5. The molecule has 17 heteroatoms. The van der Waals surface area contributed by atoms with Gasteiger partial charge < -0.3 is 46.7 Å². The highest BCUT2D eigenvalue weighted by Crippen LogP contribution is 2.24. The minimum absolute atomic E-state index is 0.0192. The molecule has 0 aromatic heterocycles. The van der Waals surface area contributed by atoms with Gasteiger partial charge in [0.05, 0.1) is 38.3 Å². The van der Waals surface area contributed by atoms with Crippen LogP contribution in [0.3, 0.4) is 0 Å². The number of rotatable bonds is 24. The topological polar surface area (TPSA) is 244 Å². The molecule has 0 aliphatic carbocycles. The third-order valence-corrected chi connectivity index (χ3v) is 10.1. The molecule has 7 amide bonds. The first kappa shape index (κ1) is 49.0. The maximum atomic E-state index is 14.5. The molecule has 0 spiro atoms. The summed E-state index contributed by atoms with van der Waals surface area (Å²) in [6.07, 6.45) is -0.450. The predicted molar refractivity (Wildman–Crippen MR) is 232 cm³/mol. The fourth-order valence-corrected chi connectivity index (χ4v) is 6.87. The van der Waals surface area contributed by atoms with Gasteiger partial charge in [-0.05, 0) is 41.9 Å². The molecule has 4 rings (SSSR count). The Morgan fingerprint density at radius 2 is 1.40 bits per heavy atom. The van der Waals surface area contributed by atoms with Crippen molar-refractivity contribution in [3.05, 3.63) is 108 Å². The first-order chi connectivity index (χ1) is 30.2. The van der Waals surface area contributed by atoms with Crippen LogP contribution in [0.15, 0.2) is 91.0 Å². The number of alkyl carbamates (subject to hydrolysis) is 1. The van der Waals surface area contributed by atoms with Crippen molar-refractivity contribution in [1.82, 2.24) is 31.5 Å². The molecule has 0 bridgehead atoms. The Balaban J connectivity index is 1.47. The van der Waals surface area contributed by atoms with Crippen LogP contribution in [0.2, 0.25) is 0 Å². The summed E-state index contributed by atoms with van der Waals surface area (Å²) in [5, 5.41) is 12.8. The summed E-state index contributed by atoms with van der Waals surface area (Å²) in [4.78, 5) is 107. The minimum Gasteiger partial charge on any atom is -0.449 e. The Morgan fingerprint density at radius 3 is 2.02 bits per heavy atom. The first-order valence-electron chi connectivity index (χ1n) is 21.2. The number of likely N-dealkylation sites (tertiary alicyclic amines) is 1.